The van der Waals surface area contributed by atoms with Crippen molar-refractivity contribution in [3.8, 4) is 11.1 Å². The van der Waals surface area contributed by atoms with Gasteiger partial charge in [0.2, 0.25) is 0 Å². The van der Waals surface area contributed by atoms with Crippen LogP contribution in [0.2, 0.25) is 5.02 Å². The number of pyridine rings is 1. The second-order valence-electron chi connectivity index (χ2n) is 8.76. The lowest BCUT2D eigenvalue weighted by atomic mass is 9.96. The minimum Gasteiger partial charge on any atom is -0.481 e. The Morgan fingerprint density at radius 2 is 1.97 bits per heavy atom. The van der Waals surface area contributed by atoms with Gasteiger partial charge in [0, 0.05) is 49.9 Å². The lowest BCUT2D eigenvalue weighted by molar-refractivity contribution is -0.137. The van der Waals surface area contributed by atoms with Crippen molar-refractivity contribution in [2.24, 2.45) is 0 Å². The van der Waals surface area contributed by atoms with Crippen molar-refractivity contribution >= 4 is 51.1 Å². The summed E-state index contributed by atoms with van der Waals surface area (Å²) in [4.78, 5) is 18.0. The fourth-order valence-corrected chi connectivity index (χ4v) is 6.43. The van der Waals surface area contributed by atoms with Gasteiger partial charge in [0.15, 0.2) is 0 Å². The molecule has 35 heavy (non-hydrogen) atoms. The molecule has 2 aromatic heterocycles. The number of aliphatic carboxylic acids is 1. The van der Waals surface area contributed by atoms with Gasteiger partial charge in [-0.25, -0.2) is 4.39 Å². The fraction of sp³-hybridized carbons (Fsp3) is 0.143. The molecule has 0 aliphatic carbocycles. The average molecular weight is 503 g/mol. The van der Waals surface area contributed by atoms with Gasteiger partial charge in [-0.3, -0.25) is 9.78 Å². The van der Waals surface area contributed by atoms with Gasteiger partial charge in [0.25, 0.3) is 0 Å². The van der Waals surface area contributed by atoms with Gasteiger partial charge < -0.3 is 9.67 Å². The Kier molecular flexibility index (Phi) is 5.50. The predicted octanol–water partition coefficient (Wildman–Crippen LogP) is 7.76. The van der Waals surface area contributed by atoms with E-state index in [0.717, 1.165) is 54.8 Å². The van der Waals surface area contributed by atoms with Crippen LogP contribution in [0.1, 0.15) is 24.5 Å². The van der Waals surface area contributed by atoms with Crippen LogP contribution in [0.3, 0.4) is 0 Å². The van der Waals surface area contributed by atoms with Gasteiger partial charge in [-0.15, -0.1) is 0 Å². The topological polar surface area (TPSA) is 55.1 Å². The first-order chi connectivity index (χ1) is 17.0. The minimum atomic E-state index is -0.829. The SMILES string of the molecule is O=C(O)CC1CCn2c1c(Sc1ccc(Cl)cc1)c1c(-c3ccc4ncccc4c3)cc(F)cc12. The number of rotatable bonds is 5. The van der Waals surface area contributed by atoms with E-state index in [1.54, 1.807) is 30.1 Å². The molecule has 1 aliphatic heterocycles. The molecule has 1 aliphatic rings. The van der Waals surface area contributed by atoms with Crippen LogP contribution in [0.25, 0.3) is 32.9 Å². The van der Waals surface area contributed by atoms with Crippen LogP contribution in [0.4, 0.5) is 4.39 Å². The summed E-state index contributed by atoms with van der Waals surface area (Å²) in [7, 11) is 0. The van der Waals surface area contributed by atoms with E-state index < -0.39 is 5.97 Å². The number of fused-ring (bicyclic) bond motifs is 4. The van der Waals surface area contributed by atoms with Crippen molar-refractivity contribution in [2.75, 3.05) is 0 Å². The summed E-state index contributed by atoms with van der Waals surface area (Å²) in [5.41, 5.74) is 4.33. The monoisotopic (exact) mass is 502 g/mol. The van der Waals surface area contributed by atoms with Gasteiger partial charge in [-0.05, 0) is 72.1 Å². The van der Waals surface area contributed by atoms with E-state index in [9.17, 15) is 9.90 Å². The van der Waals surface area contributed by atoms with Crippen molar-refractivity contribution in [1.82, 2.24) is 9.55 Å². The molecule has 0 saturated carbocycles. The first kappa shape index (κ1) is 22.1. The van der Waals surface area contributed by atoms with Gasteiger partial charge >= 0.3 is 5.97 Å². The number of carboxylic acids is 1. The molecule has 0 amide bonds. The molecule has 174 valence electrons. The first-order valence-electron chi connectivity index (χ1n) is 11.3. The Morgan fingerprint density at radius 1 is 1.14 bits per heavy atom. The number of aryl methyl sites for hydroxylation is 1. The molecule has 7 heteroatoms. The third-order valence-corrected chi connectivity index (χ3v) is 7.96. The lowest BCUT2D eigenvalue weighted by Gasteiger charge is -2.12. The van der Waals surface area contributed by atoms with E-state index in [0.29, 0.717) is 11.6 Å². The summed E-state index contributed by atoms with van der Waals surface area (Å²) in [5, 5.41) is 12.1. The number of aromatic nitrogens is 2. The highest BCUT2D eigenvalue weighted by atomic mass is 35.5. The number of hydrogen-bond donors (Lipinski definition) is 1. The van der Waals surface area contributed by atoms with Gasteiger partial charge in [0.1, 0.15) is 5.82 Å². The Bertz CT molecular complexity index is 1610. The standard InChI is InChI=1S/C28H20ClFN2O2S/c29-19-4-6-21(7-5-19)35-28-26-22(16-3-8-23-17(12-16)2-1-10-31-23)14-20(30)15-24(26)32-11-9-18(27(28)32)13-25(33)34/h1-8,10,12,14-15,18H,9,11,13H2,(H,33,34). The molecule has 1 unspecified atom stereocenters. The molecule has 1 atom stereocenters. The second-order valence-corrected chi connectivity index (χ2v) is 10.3. The van der Waals surface area contributed by atoms with Crippen molar-refractivity contribution in [3.63, 3.8) is 0 Å². The van der Waals surface area contributed by atoms with Crippen molar-refractivity contribution in [3.05, 3.63) is 89.5 Å². The largest absolute Gasteiger partial charge is 0.481 e. The molecule has 5 aromatic rings. The van der Waals surface area contributed by atoms with Crippen molar-refractivity contribution < 1.29 is 14.3 Å². The van der Waals surface area contributed by atoms with Crippen LogP contribution in [-0.4, -0.2) is 20.6 Å². The maximum atomic E-state index is 15.0. The van der Waals surface area contributed by atoms with Gasteiger partial charge in [-0.1, -0.05) is 35.5 Å². The molecule has 0 saturated heterocycles. The predicted molar refractivity (Wildman–Crippen MR) is 138 cm³/mol. The van der Waals surface area contributed by atoms with Crippen LogP contribution in [-0.2, 0) is 11.3 Å². The fourth-order valence-electron chi connectivity index (χ4n) is 5.10. The Morgan fingerprint density at radius 3 is 2.77 bits per heavy atom. The summed E-state index contributed by atoms with van der Waals surface area (Å²) in [6, 6.07) is 20.6. The van der Waals surface area contributed by atoms with Crippen molar-refractivity contribution in [1.29, 1.82) is 0 Å². The van der Waals surface area contributed by atoms with E-state index in [1.807, 2.05) is 54.6 Å². The summed E-state index contributed by atoms with van der Waals surface area (Å²) >= 11 is 7.69. The Balaban J connectivity index is 1.62. The summed E-state index contributed by atoms with van der Waals surface area (Å²) < 4.78 is 17.1. The normalized spacial score (nSPS) is 15.1. The van der Waals surface area contributed by atoms with E-state index in [1.165, 1.54) is 0 Å². The van der Waals surface area contributed by atoms with E-state index in [2.05, 4.69) is 9.55 Å². The van der Waals surface area contributed by atoms with E-state index >= 15 is 4.39 Å². The quantitative estimate of drug-likeness (QED) is 0.267. The van der Waals surface area contributed by atoms with Crippen LogP contribution in [0.15, 0.2) is 82.7 Å². The van der Waals surface area contributed by atoms with Crippen LogP contribution < -0.4 is 0 Å². The number of carbonyl (C=O) groups is 1. The number of benzene rings is 3. The van der Waals surface area contributed by atoms with Gasteiger partial charge in [0.05, 0.1) is 17.5 Å². The minimum absolute atomic E-state index is 0.0456. The van der Waals surface area contributed by atoms with Crippen LogP contribution >= 0.6 is 23.4 Å². The third kappa shape index (κ3) is 3.97. The van der Waals surface area contributed by atoms with Crippen LogP contribution in [0.5, 0.6) is 0 Å². The van der Waals surface area contributed by atoms with E-state index in [-0.39, 0.29) is 18.2 Å². The zero-order valence-corrected chi connectivity index (χ0v) is 20.1. The smallest absolute Gasteiger partial charge is 0.304 e. The van der Waals surface area contributed by atoms with Crippen LogP contribution in [0, 0.1) is 5.82 Å². The van der Waals surface area contributed by atoms with E-state index in [4.69, 9.17) is 11.6 Å². The molecule has 1 N–H and O–H groups in total. The number of hydrogen-bond acceptors (Lipinski definition) is 3. The number of nitrogens with zero attached hydrogens (tertiary/aromatic N) is 2. The number of carboxylic acid groups (broad SMARTS) is 1. The lowest BCUT2D eigenvalue weighted by Crippen LogP contribution is -2.04. The molecular weight excluding hydrogens is 483 g/mol. The molecule has 0 bridgehead atoms. The number of halogens is 2. The first-order valence-corrected chi connectivity index (χ1v) is 12.5. The molecule has 4 nitrogen and oxygen atoms in total. The molecule has 0 radical (unpaired) electrons. The average Bonchev–Trinajstić information content (AvgIpc) is 3.38. The Labute approximate surface area is 210 Å². The highest BCUT2D eigenvalue weighted by molar-refractivity contribution is 7.99. The molecule has 6 rings (SSSR count). The summed E-state index contributed by atoms with van der Waals surface area (Å²) in [6.45, 7) is 0.662. The molecule has 3 heterocycles. The van der Waals surface area contributed by atoms with Crippen molar-refractivity contribution in [2.45, 2.75) is 35.1 Å². The summed E-state index contributed by atoms with van der Waals surface area (Å²) in [6.07, 6.45) is 2.52. The second kappa shape index (κ2) is 8.70. The molecule has 0 fully saturated rings. The maximum absolute atomic E-state index is 15.0. The highest BCUT2D eigenvalue weighted by Gasteiger charge is 2.33. The maximum Gasteiger partial charge on any atom is 0.304 e. The zero-order valence-electron chi connectivity index (χ0n) is 18.5. The summed E-state index contributed by atoms with van der Waals surface area (Å²) in [5.74, 6) is -1.28. The molecule has 3 aromatic carbocycles. The van der Waals surface area contributed by atoms with Gasteiger partial charge in [-0.2, -0.15) is 0 Å². The molecular formula is C28H20ClFN2O2S. The Hall–Kier alpha value is -3.35. The molecule has 0 spiro atoms. The highest BCUT2D eigenvalue weighted by Crippen LogP contribution is 2.49. The third-order valence-electron chi connectivity index (χ3n) is 6.58. The zero-order chi connectivity index (χ0) is 24.1.